The summed E-state index contributed by atoms with van der Waals surface area (Å²) in [6.45, 7) is 0. The third kappa shape index (κ3) is 4.58. The molecule has 0 atom stereocenters. The average Bonchev–Trinajstić information content (AvgIpc) is 3.39. The number of H-pyrrole nitrogens is 1. The number of nitrogens with one attached hydrogen (secondary N) is 2. The fraction of sp³-hybridized carbons (Fsp3) is 0.0833. The molecule has 0 radical (unpaired) electrons. The fourth-order valence-corrected chi connectivity index (χ4v) is 4.51. The van der Waals surface area contributed by atoms with Crippen LogP contribution in [-0.4, -0.2) is 38.7 Å². The van der Waals surface area contributed by atoms with E-state index >= 15 is 0 Å². The average molecular weight is 463 g/mol. The predicted octanol–water partition coefficient (Wildman–Crippen LogP) is 4.16. The quantitative estimate of drug-likeness (QED) is 0.429. The number of amides is 1. The molecule has 168 valence electrons. The number of rotatable bonds is 7. The number of sulfonamides is 1. The molecule has 0 bridgehead atoms. The first-order chi connectivity index (χ1) is 15.9. The van der Waals surface area contributed by atoms with Crippen LogP contribution in [0.2, 0.25) is 0 Å². The third-order valence-corrected chi connectivity index (χ3v) is 6.94. The Morgan fingerprint density at radius 2 is 1.67 bits per heavy atom. The molecule has 0 aliphatic heterocycles. The molecule has 33 heavy (non-hydrogen) atoms. The molecular formula is C24H22N4O4S. The molecule has 1 heterocycles. The molecule has 0 aliphatic rings. The lowest BCUT2D eigenvalue weighted by molar-refractivity contribution is 0.102. The van der Waals surface area contributed by atoms with Crippen LogP contribution < -0.4 is 14.4 Å². The standard InChI is InChI=1S/C24H22N4O4S/c1-28(22-5-3-4-6-23(22)32-2)33(30,31)20-13-9-18(10-14-20)24(29)26-19-11-7-17(8-12-19)21-15-16-25-27-21/h3-16H,1-2H3,(H,25,27)(H,26,29). The first-order valence-electron chi connectivity index (χ1n) is 10.0. The molecule has 0 unspecified atom stereocenters. The Balaban J connectivity index is 1.48. The number of carbonyl (C=O) groups is 1. The monoisotopic (exact) mass is 462 g/mol. The van der Waals surface area contributed by atoms with Gasteiger partial charge >= 0.3 is 0 Å². The largest absolute Gasteiger partial charge is 0.495 e. The lowest BCUT2D eigenvalue weighted by atomic mass is 10.1. The van der Waals surface area contributed by atoms with Gasteiger partial charge in [-0.25, -0.2) is 8.42 Å². The molecule has 4 rings (SSSR count). The third-order valence-electron chi connectivity index (χ3n) is 5.15. The summed E-state index contributed by atoms with van der Waals surface area (Å²) >= 11 is 0. The zero-order valence-electron chi connectivity index (χ0n) is 18.0. The Kier molecular flexibility index (Phi) is 6.14. The number of aromatic amines is 1. The van der Waals surface area contributed by atoms with Gasteiger partial charge < -0.3 is 10.1 Å². The van der Waals surface area contributed by atoms with Crippen molar-refractivity contribution >= 4 is 27.3 Å². The molecule has 2 N–H and O–H groups in total. The molecular weight excluding hydrogens is 440 g/mol. The van der Waals surface area contributed by atoms with Crippen LogP contribution in [0.3, 0.4) is 0 Å². The van der Waals surface area contributed by atoms with Gasteiger partial charge in [-0.15, -0.1) is 0 Å². The number of hydrogen-bond acceptors (Lipinski definition) is 5. The minimum absolute atomic E-state index is 0.0661. The first kappa shape index (κ1) is 22.1. The number of aromatic nitrogens is 2. The maximum atomic E-state index is 13.1. The van der Waals surface area contributed by atoms with Gasteiger partial charge in [-0.2, -0.15) is 5.10 Å². The van der Waals surface area contributed by atoms with Crippen molar-refractivity contribution in [3.63, 3.8) is 0 Å². The Labute approximate surface area is 191 Å². The van der Waals surface area contributed by atoms with E-state index in [1.165, 1.54) is 38.4 Å². The summed E-state index contributed by atoms with van der Waals surface area (Å²) in [5.74, 6) is 0.101. The van der Waals surface area contributed by atoms with Crippen molar-refractivity contribution < 1.29 is 17.9 Å². The summed E-state index contributed by atoms with van der Waals surface area (Å²) in [6.07, 6.45) is 1.67. The van der Waals surface area contributed by atoms with Crippen LogP contribution in [-0.2, 0) is 10.0 Å². The van der Waals surface area contributed by atoms with Crippen LogP contribution in [0.1, 0.15) is 10.4 Å². The summed E-state index contributed by atoms with van der Waals surface area (Å²) in [5, 5.41) is 9.62. The highest BCUT2D eigenvalue weighted by Gasteiger charge is 2.24. The van der Waals surface area contributed by atoms with Gasteiger partial charge in [-0.1, -0.05) is 24.3 Å². The van der Waals surface area contributed by atoms with Gasteiger partial charge in [-0.05, 0) is 60.2 Å². The fourth-order valence-electron chi connectivity index (χ4n) is 3.31. The van der Waals surface area contributed by atoms with E-state index in [0.29, 0.717) is 22.7 Å². The highest BCUT2D eigenvalue weighted by atomic mass is 32.2. The number of carbonyl (C=O) groups excluding carboxylic acids is 1. The van der Waals surface area contributed by atoms with Crippen molar-refractivity contribution in [3.8, 4) is 17.0 Å². The molecule has 0 saturated carbocycles. The zero-order chi connectivity index (χ0) is 23.4. The maximum absolute atomic E-state index is 13.1. The van der Waals surface area contributed by atoms with E-state index in [-0.39, 0.29) is 10.8 Å². The molecule has 9 heteroatoms. The van der Waals surface area contributed by atoms with Gasteiger partial charge in [0.1, 0.15) is 5.75 Å². The number of hydrogen-bond donors (Lipinski definition) is 2. The Bertz CT molecular complexity index is 1350. The van der Waals surface area contributed by atoms with Gasteiger partial charge in [0, 0.05) is 24.5 Å². The number of anilines is 2. The highest BCUT2D eigenvalue weighted by Crippen LogP contribution is 2.31. The Hall–Kier alpha value is -4.11. The van der Waals surface area contributed by atoms with E-state index < -0.39 is 10.0 Å². The number of nitrogens with zero attached hydrogens (tertiary/aromatic N) is 2. The predicted molar refractivity (Wildman–Crippen MR) is 127 cm³/mol. The van der Waals surface area contributed by atoms with Crippen molar-refractivity contribution in [2.45, 2.75) is 4.90 Å². The summed E-state index contributed by atoms with van der Waals surface area (Å²) in [5.41, 5.74) is 3.20. The smallest absolute Gasteiger partial charge is 0.264 e. The number of methoxy groups -OCH3 is 1. The van der Waals surface area contributed by atoms with Gasteiger partial charge in [0.05, 0.1) is 23.4 Å². The Morgan fingerprint density at radius 3 is 2.30 bits per heavy atom. The first-order valence-corrected chi connectivity index (χ1v) is 11.5. The normalized spacial score (nSPS) is 11.1. The minimum atomic E-state index is -3.84. The van der Waals surface area contributed by atoms with Crippen LogP contribution in [0, 0.1) is 0 Å². The highest BCUT2D eigenvalue weighted by molar-refractivity contribution is 7.92. The molecule has 4 aromatic rings. The van der Waals surface area contributed by atoms with E-state index in [4.69, 9.17) is 4.74 Å². The molecule has 0 saturated heterocycles. The molecule has 8 nitrogen and oxygen atoms in total. The van der Waals surface area contributed by atoms with Crippen LogP contribution in [0.4, 0.5) is 11.4 Å². The molecule has 1 amide bonds. The lowest BCUT2D eigenvalue weighted by Gasteiger charge is -2.21. The van der Waals surface area contributed by atoms with E-state index in [0.717, 1.165) is 15.6 Å². The molecule has 0 fully saturated rings. The van der Waals surface area contributed by atoms with Gasteiger partial charge in [-0.3, -0.25) is 14.2 Å². The van der Waals surface area contributed by atoms with Crippen LogP contribution >= 0.6 is 0 Å². The van der Waals surface area contributed by atoms with E-state index in [1.54, 1.807) is 42.6 Å². The van der Waals surface area contributed by atoms with Crippen molar-refractivity contribution in [1.29, 1.82) is 0 Å². The van der Waals surface area contributed by atoms with Gasteiger partial charge in [0.15, 0.2) is 0 Å². The summed E-state index contributed by atoms with van der Waals surface area (Å²) in [4.78, 5) is 12.7. The lowest BCUT2D eigenvalue weighted by Crippen LogP contribution is -2.27. The van der Waals surface area contributed by atoms with E-state index in [2.05, 4.69) is 15.5 Å². The molecule has 0 spiro atoms. The summed E-state index contributed by atoms with van der Waals surface area (Å²) < 4.78 is 32.6. The van der Waals surface area contributed by atoms with Crippen molar-refractivity contribution in [2.24, 2.45) is 0 Å². The van der Waals surface area contributed by atoms with Crippen molar-refractivity contribution in [3.05, 3.63) is 90.6 Å². The zero-order valence-corrected chi connectivity index (χ0v) is 18.8. The maximum Gasteiger partial charge on any atom is 0.264 e. The second-order valence-electron chi connectivity index (χ2n) is 7.17. The van der Waals surface area contributed by atoms with Crippen LogP contribution in [0.15, 0.2) is 90.0 Å². The van der Waals surface area contributed by atoms with Crippen LogP contribution in [0.5, 0.6) is 5.75 Å². The summed E-state index contributed by atoms with van der Waals surface area (Å²) in [7, 11) is -0.896. The number of ether oxygens (including phenoxy) is 1. The molecule has 1 aromatic heterocycles. The van der Waals surface area contributed by atoms with Crippen LogP contribution in [0.25, 0.3) is 11.3 Å². The Morgan fingerprint density at radius 1 is 0.970 bits per heavy atom. The minimum Gasteiger partial charge on any atom is -0.495 e. The van der Waals surface area contributed by atoms with E-state index in [1.807, 2.05) is 18.2 Å². The SMILES string of the molecule is COc1ccccc1N(C)S(=O)(=O)c1ccc(C(=O)Nc2ccc(-c3ccn[nH]3)cc2)cc1. The summed E-state index contributed by atoms with van der Waals surface area (Å²) in [6, 6.07) is 21.8. The number of para-hydroxylation sites is 2. The van der Waals surface area contributed by atoms with Crippen molar-refractivity contribution in [2.75, 3.05) is 23.8 Å². The van der Waals surface area contributed by atoms with Crippen molar-refractivity contribution in [1.82, 2.24) is 10.2 Å². The van der Waals surface area contributed by atoms with Gasteiger partial charge in [0.25, 0.3) is 15.9 Å². The molecule has 3 aromatic carbocycles. The second-order valence-corrected chi connectivity index (χ2v) is 9.14. The number of benzene rings is 3. The second kappa shape index (κ2) is 9.17. The molecule has 0 aliphatic carbocycles. The van der Waals surface area contributed by atoms with Gasteiger partial charge in [0.2, 0.25) is 0 Å². The topological polar surface area (TPSA) is 104 Å². The van der Waals surface area contributed by atoms with E-state index in [9.17, 15) is 13.2 Å².